The topological polar surface area (TPSA) is 65.5 Å². The summed E-state index contributed by atoms with van der Waals surface area (Å²) in [5, 5.41) is 9.75. The van der Waals surface area contributed by atoms with E-state index >= 15 is 0 Å². The number of nitrogens with one attached hydrogen (secondary N) is 3. The zero-order valence-corrected chi connectivity index (χ0v) is 15.0. The van der Waals surface area contributed by atoms with Gasteiger partial charge in [0.2, 0.25) is 5.91 Å². The van der Waals surface area contributed by atoms with Crippen LogP contribution in [-0.2, 0) is 4.79 Å². The van der Waals surface area contributed by atoms with Crippen molar-refractivity contribution in [2.75, 3.05) is 19.6 Å². The van der Waals surface area contributed by atoms with E-state index in [0.29, 0.717) is 19.1 Å². The molecule has 0 spiro atoms. The van der Waals surface area contributed by atoms with Crippen LogP contribution in [0, 0.1) is 11.3 Å². The van der Waals surface area contributed by atoms with Gasteiger partial charge in [-0.1, -0.05) is 40.5 Å². The Bertz CT molecular complexity index is 373. The summed E-state index contributed by atoms with van der Waals surface area (Å²) in [4.78, 5) is 16.4. The SMILES string of the molecule is CCNC(=NCCNC(=O)C(C)(C)C)NC1CCCC(C)C1. The average molecular weight is 310 g/mol. The lowest BCUT2D eigenvalue weighted by Crippen LogP contribution is -2.45. The minimum atomic E-state index is -0.343. The molecular weight excluding hydrogens is 276 g/mol. The van der Waals surface area contributed by atoms with E-state index in [-0.39, 0.29) is 11.3 Å². The smallest absolute Gasteiger partial charge is 0.225 e. The second-order valence-corrected chi connectivity index (χ2v) is 7.38. The monoisotopic (exact) mass is 310 g/mol. The molecule has 5 heteroatoms. The first-order valence-corrected chi connectivity index (χ1v) is 8.66. The Kier molecular flexibility index (Phi) is 7.69. The van der Waals surface area contributed by atoms with Gasteiger partial charge in [-0.25, -0.2) is 0 Å². The highest BCUT2D eigenvalue weighted by Gasteiger charge is 2.21. The summed E-state index contributed by atoms with van der Waals surface area (Å²) in [5.74, 6) is 1.73. The van der Waals surface area contributed by atoms with Gasteiger partial charge in [-0.05, 0) is 25.7 Å². The molecule has 1 rings (SSSR count). The van der Waals surface area contributed by atoms with Crippen LogP contribution in [-0.4, -0.2) is 37.5 Å². The fourth-order valence-electron chi connectivity index (χ4n) is 2.68. The number of amides is 1. The third-order valence-electron chi connectivity index (χ3n) is 3.97. The fraction of sp³-hybridized carbons (Fsp3) is 0.882. The van der Waals surface area contributed by atoms with Crippen LogP contribution in [0.1, 0.15) is 60.3 Å². The number of hydrogen-bond donors (Lipinski definition) is 3. The van der Waals surface area contributed by atoms with Crippen LogP contribution in [0.2, 0.25) is 0 Å². The predicted molar refractivity (Wildman–Crippen MR) is 93.0 cm³/mol. The van der Waals surface area contributed by atoms with E-state index < -0.39 is 0 Å². The summed E-state index contributed by atoms with van der Waals surface area (Å²) in [6, 6.07) is 0.519. The minimum absolute atomic E-state index is 0.0711. The molecule has 1 aliphatic carbocycles. The van der Waals surface area contributed by atoms with E-state index in [0.717, 1.165) is 18.4 Å². The van der Waals surface area contributed by atoms with Crippen molar-refractivity contribution in [3.05, 3.63) is 0 Å². The Morgan fingerprint density at radius 3 is 2.55 bits per heavy atom. The molecule has 0 aromatic carbocycles. The van der Waals surface area contributed by atoms with Gasteiger partial charge in [0.25, 0.3) is 0 Å². The maximum Gasteiger partial charge on any atom is 0.225 e. The quantitative estimate of drug-likeness (QED) is 0.415. The Hall–Kier alpha value is -1.26. The second kappa shape index (κ2) is 9.01. The minimum Gasteiger partial charge on any atom is -0.357 e. The molecule has 1 aliphatic rings. The van der Waals surface area contributed by atoms with Crippen LogP contribution in [0.4, 0.5) is 0 Å². The first kappa shape index (κ1) is 18.8. The molecule has 0 aromatic heterocycles. The molecule has 0 aliphatic heterocycles. The molecular formula is C17H34N4O. The highest BCUT2D eigenvalue weighted by Crippen LogP contribution is 2.23. The van der Waals surface area contributed by atoms with Gasteiger partial charge < -0.3 is 16.0 Å². The summed E-state index contributed by atoms with van der Waals surface area (Å²) in [6.07, 6.45) is 5.06. The Morgan fingerprint density at radius 2 is 1.95 bits per heavy atom. The summed E-state index contributed by atoms with van der Waals surface area (Å²) in [7, 11) is 0. The van der Waals surface area contributed by atoms with Crippen molar-refractivity contribution in [2.45, 2.75) is 66.3 Å². The van der Waals surface area contributed by atoms with Crippen molar-refractivity contribution in [3.63, 3.8) is 0 Å². The van der Waals surface area contributed by atoms with Gasteiger partial charge in [0.15, 0.2) is 5.96 Å². The largest absolute Gasteiger partial charge is 0.357 e. The molecule has 5 nitrogen and oxygen atoms in total. The molecule has 22 heavy (non-hydrogen) atoms. The lowest BCUT2D eigenvalue weighted by Gasteiger charge is -2.28. The second-order valence-electron chi connectivity index (χ2n) is 7.38. The van der Waals surface area contributed by atoms with Gasteiger partial charge in [-0.2, -0.15) is 0 Å². The Labute approximate surface area is 135 Å². The number of nitrogens with zero attached hydrogens (tertiary/aromatic N) is 1. The van der Waals surface area contributed by atoms with E-state index in [1.807, 2.05) is 20.8 Å². The molecule has 2 atom stereocenters. The standard InChI is InChI=1S/C17H34N4O/c1-6-18-16(21-14-9-7-8-13(2)12-14)20-11-10-19-15(22)17(3,4)5/h13-14H,6-12H2,1-5H3,(H,19,22)(H2,18,20,21). The van der Waals surface area contributed by atoms with Gasteiger partial charge in [0.05, 0.1) is 6.54 Å². The van der Waals surface area contributed by atoms with Crippen LogP contribution in [0.15, 0.2) is 4.99 Å². The van der Waals surface area contributed by atoms with Crippen molar-refractivity contribution >= 4 is 11.9 Å². The van der Waals surface area contributed by atoms with Crippen molar-refractivity contribution in [3.8, 4) is 0 Å². The zero-order chi connectivity index (χ0) is 16.6. The highest BCUT2D eigenvalue weighted by molar-refractivity contribution is 5.81. The highest BCUT2D eigenvalue weighted by atomic mass is 16.2. The van der Waals surface area contributed by atoms with E-state index in [1.54, 1.807) is 0 Å². The van der Waals surface area contributed by atoms with Crippen LogP contribution in [0.25, 0.3) is 0 Å². The Morgan fingerprint density at radius 1 is 1.23 bits per heavy atom. The van der Waals surface area contributed by atoms with Crippen molar-refractivity contribution in [1.82, 2.24) is 16.0 Å². The summed E-state index contributed by atoms with van der Waals surface area (Å²) >= 11 is 0. The first-order valence-electron chi connectivity index (χ1n) is 8.66. The summed E-state index contributed by atoms with van der Waals surface area (Å²) in [5.41, 5.74) is -0.343. The number of carbonyl (C=O) groups is 1. The molecule has 128 valence electrons. The number of aliphatic imine (C=N–C) groups is 1. The van der Waals surface area contributed by atoms with Gasteiger partial charge >= 0.3 is 0 Å². The number of rotatable bonds is 5. The fourth-order valence-corrected chi connectivity index (χ4v) is 2.68. The maximum atomic E-state index is 11.8. The summed E-state index contributed by atoms with van der Waals surface area (Å²) < 4.78 is 0. The molecule has 1 amide bonds. The predicted octanol–water partition coefficient (Wildman–Crippen LogP) is 2.28. The van der Waals surface area contributed by atoms with Crippen molar-refractivity contribution < 1.29 is 4.79 Å². The maximum absolute atomic E-state index is 11.8. The van der Waals surface area contributed by atoms with Crippen LogP contribution < -0.4 is 16.0 Å². The zero-order valence-electron chi connectivity index (χ0n) is 15.0. The van der Waals surface area contributed by atoms with Gasteiger partial charge in [-0.3, -0.25) is 9.79 Å². The van der Waals surface area contributed by atoms with Gasteiger partial charge in [0, 0.05) is 24.5 Å². The lowest BCUT2D eigenvalue weighted by molar-refractivity contribution is -0.128. The van der Waals surface area contributed by atoms with Crippen molar-refractivity contribution in [1.29, 1.82) is 0 Å². The molecule has 1 fully saturated rings. The molecule has 0 bridgehead atoms. The van der Waals surface area contributed by atoms with Crippen LogP contribution in [0.5, 0.6) is 0 Å². The summed E-state index contributed by atoms with van der Waals surface area (Å²) in [6.45, 7) is 12.2. The van der Waals surface area contributed by atoms with E-state index in [1.165, 1.54) is 25.7 Å². The van der Waals surface area contributed by atoms with Crippen LogP contribution in [0.3, 0.4) is 0 Å². The van der Waals surface area contributed by atoms with Crippen molar-refractivity contribution in [2.24, 2.45) is 16.3 Å². The van der Waals surface area contributed by atoms with E-state index in [9.17, 15) is 4.79 Å². The van der Waals surface area contributed by atoms with Gasteiger partial charge in [-0.15, -0.1) is 0 Å². The first-order chi connectivity index (χ1) is 10.3. The molecule has 0 saturated heterocycles. The van der Waals surface area contributed by atoms with Gasteiger partial charge in [0.1, 0.15) is 0 Å². The third-order valence-corrected chi connectivity index (χ3v) is 3.97. The van der Waals surface area contributed by atoms with E-state index in [2.05, 4.69) is 34.8 Å². The normalized spacial score (nSPS) is 23.0. The molecule has 0 aromatic rings. The number of carbonyl (C=O) groups excluding carboxylic acids is 1. The molecule has 0 radical (unpaired) electrons. The molecule has 0 heterocycles. The average Bonchev–Trinajstić information content (AvgIpc) is 2.42. The van der Waals surface area contributed by atoms with E-state index in [4.69, 9.17) is 0 Å². The number of guanidine groups is 1. The number of hydrogen-bond acceptors (Lipinski definition) is 2. The molecule has 3 N–H and O–H groups in total. The molecule has 1 saturated carbocycles. The Balaban J connectivity index is 2.40. The molecule has 2 unspecified atom stereocenters. The third kappa shape index (κ3) is 7.14. The van der Waals surface area contributed by atoms with Crippen LogP contribution >= 0.6 is 0 Å². The lowest BCUT2D eigenvalue weighted by atomic mass is 9.87.